The second-order valence-electron chi connectivity index (χ2n) is 9.02. The average Bonchev–Trinajstić information content (AvgIpc) is 3.32. The van der Waals surface area contributed by atoms with Gasteiger partial charge in [-0.15, -0.1) is 0 Å². The second-order valence-corrected chi connectivity index (χ2v) is 9.42. The van der Waals surface area contributed by atoms with Gasteiger partial charge < -0.3 is 10.2 Å². The fraction of sp³-hybridized carbons (Fsp3) is 0.179. The topological polar surface area (TPSA) is 66.5 Å². The zero-order valence-corrected chi connectivity index (χ0v) is 19.1. The van der Waals surface area contributed by atoms with Crippen LogP contribution in [0.15, 0.2) is 78.9 Å². The van der Waals surface area contributed by atoms with E-state index in [2.05, 4.69) is 5.32 Å². The number of nitrogens with zero attached hydrogens (tertiary/aromatic N) is 1. The van der Waals surface area contributed by atoms with Crippen LogP contribution in [-0.4, -0.2) is 29.6 Å². The summed E-state index contributed by atoms with van der Waals surface area (Å²) in [6, 6.07) is 20.7. The van der Waals surface area contributed by atoms with Gasteiger partial charge in [0.25, 0.3) is 0 Å². The summed E-state index contributed by atoms with van der Waals surface area (Å²) in [5.74, 6) is -1.72. The van der Waals surface area contributed by atoms with E-state index in [1.54, 1.807) is 24.3 Å². The highest BCUT2D eigenvalue weighted by atomic mass is 35.5. The molecule has 0 aliphatic carbocycles. The Hall–Kier alpha value is -3.70. The monoisotopic (exact) mass is 468 g/mol. The van der Waals surface area contributed by atoms with Crippen molar-refractivity contribution in [3.05, 3.63) is 101 Å². The molecule has 0 radical (unpaired) electrons. The molecule has 3 aromatic carbocycles. The zero-order valence-electron chi connectivity index (χ0n) is 18.4. The number of nitrogens with one attached hydrogen (secondary N) is 1. The molecule has 0 aromatic heterocycles. The van der Waals surface area contributed by atoms with Crippen LogP contribution < -0.4 is 10.2 Å². The largest absolute Gasteiger partial charge is 0.352 e. The number of hydrogen-bond donors (Lipinski definition) is 1. The number of ketones is 2. The van der Waals surface area contributed by atoms with E-state index in [4.69, 9.17) is 11.6 Å². The molecule has 168 valence electrons. The lowest BCUT2D eigenvalue weighted by Gasteiger charge is -2.37. The maximum Gasteiger partial charge on any atom is 0.238 e. The summed E-state index contributed by atoms with van der Waals surface area (Å²) in [5.41, 5.74) is 2.20. The Kier molecular flexibility index (Phi) is 4.55. The van der Waals surface area contributed by atoms with Gasteiger partial charge in [0.15, 0.2) is 11.6 Å². The third-order valence-corrected chi connectivity index (χ3v) is 7.71. The van der Waals surface area contributed by atoms with Crippen molar-refractivity contribution >= 4 is 46.5 Å². The van der Waals surface area contributed by atoms with Crippen LogP contribution in [0.2, 0.25) is 5.02 Å². The molecule has 1 spiro atoms. The molecule has 3 heterocycles. The fourth-order valence-corrected chi connectivity index (χ4v) is 6.33. The highest BCUT2D eigenvalue weighted by Gasteiger charge is 2.69. The van der Waals surface area contributed by atoms with Crippen molar-refractivity contribution in [3.8, 4) is 0 Å². The molecular weight excluding hydrogens is 448 g/mol. The number of carbonyl (C=O) groups is 3. The molecule has 1 N–H and O–H groups in total. The van der Waals surface area contributed by atoms with Gasteiger partial charge in [0.1, 0.15) is 5.41 Å². The maximum atomic E-state index is 14.3. The molecule has 3 aliphatic heterocycles. The Morgan fingerprint density at radius 1 is 0.971 bits per heavy atom. The lowest BCUT2D eigenvalue weighted by Crippen LogP contribution is -2.51. The molecular formula is C28H21ClN2O3. The van der Waals surface area contributed by atoms with Crippen LogP contribution in [0, 0.1) is 5.92 Å². The quantitative estimate of drug-likeness (QED) is 0.555. The van der Waals surface area contributed by atoms with Crippen molar-refractivity contribution in [2.75, 3.05) is 10.2 Å². The van der Waals surface area contributed by atoms with Gasteiger partial charge in [-0.25, -0.2) is 0 Å². The van der Waals surface area contributed by atoms with Crippen LogP contribution in [0.25, 0.3) is 6.08 Å². The van der Waals surface area contributed by atoms with Crippen LogP contribution >= 0.6 is 11.6 Å². The van der Waals surface area contributed by atoms with Gasteiger partial charge >= 0.3 is 0 Å². The molecule has 1 fully saturated rings. The van der Waals surface area contributed by atoms with Crippen molar-refractivity contribution in [2.45, 2.75) is 24.4 Å². The van der Waals surface area contributed by atoms with Crippen LogP contribution in [-0.2, 0) is 15.0 Å². The summed E-state index contributed by atoms with van der Waals surface area (Å²) in [6.45, 7) is 1.49. The van der Waals surface area contributed by atoms with Gasteiger partial charge in [-0.2, -0.15) is 0 Å². The highest BCUT2D eigenvalue weighted by molar-refractivity contribution is 6.34. The Labute approximate surface area is 202 Å². The molecule has 6 heteroatoms. The predicted octanol–water partition coefficient (Wildman–Crippen LogP) is 4.90. The number of carbonyl (C=O) groups excluding carboxylic acids is 3. The third-order valence-electron chi connectivity index (χ3n) is 7.38. The van der Waals surface area contributed by atoms with Gasteiger partial charge in [0.2, 0.25) is 5.91 Å². The van der Waals surface area contributed by atoms with Crippen molar-refractivity contribution in [1.82, 2.24) is 0 Å². The van der Waals surface area contributed by atoms with Gasteiger partial charge in [-0.05, 0) is 42.3 Å². The number of hydrogen-bond acceptors (Lipinski definition) is 4. The minimum atomic E-state index is -1.28. The lowest BCUT2D eigenvalue weighted by molar-refractivity contribution is -0.122. The normalized spacial score (nSPS) is 26.1. The first-order valence-corrected chi connectivity index (χ1v) is 11.6. The molecule has 34 heavy (non-hydrogen) atoms. The first-order chi connectivity index (χ1) is 16.5. The smallest absolute Gasteiger partial charge is 0.238 e. The van der Waals surface area contributed by atoms with E-state index in [0.29, 0.717) is 16.3 Å². The van der Waals surface area contributed by atoms with E-state index in [9.17, 15) is 14.4 Å². The van der Waals surface area contributed by atoms with E-state index < -0.39 is 23.4 Å². The molecule has 1 saturated heterocycles. The number of amides is 1. The molecule has 3 aliphatic rings. The summed E-state index contributed by atoms with van der Waals surface area (Å²) >= 11 is 6.46. The van der Waals surface area contributed by atoms with E-state index in [1.807, 2.05) is 65.6 Å². The van der Waals surface area contributed by atoms with Crippen molar-refractivity contribution in [2.24, 2.45) is 5.92 Å². The second kappa shape index (κ2) is 7.40. The molecule has 6 rings (SSSR count). The molecule has 0 saturated carbocycles. The minimum absolute atomic E-state index is 0.172. The highest BCUT2D eigenvalue weighted by Crippen LogP contribution is 2.57. The Morgan fingerprint density at radius 2 is 1.68 bits per heavy atom. The first-order valence-electron chi connectivity index (χ1n) is 11.2. The third kappa shape index (κ3) is 2.59. The summed E-state index contributed by atoms with van der Waals surface area (Å²) in [6.07, 6.45) is 3.94. The number of benzene rings is 3. The Balaban J connectivity index is 1.68. The Morgan fingerprint density at radius 3 is 2.47 bits per heavy atom. The number of para-hydroxylation sites is 2. The molecule has 4 atom stereocenters. The standard InChI is InChI=1S/C28H21ClN2O3/c1-16(32)25-24(26(33)18-9-3-5-11-20(18)29)28(19-10-4-6-12-21(19)30-27(28)34)23-15-14-17-8-2-7-13-22(17)31(23)25/h2-15,23-25H,1H3,(H,30,34)/t23-,24+,25+,28+/m0/s1. The van der Waals surface area contributed by atoms with E-state index in [-0.39, 0.29) is 17.5 Å². The van der Waals surface area contributed by atoms with Crippen LogP contribution in [0.1, 0.15) is 28.4 Å². The van der Waals surface area contributed by atoms with Gasteiger partial charge in [0, 0.05) is 16.9 Å². The van der Waals surface area contributed by atoms with Crippen LogP contribution in [0.5, 0.6) is 0 Å². The van der Waals surface area contributed by atoms with E-state index in [0.717, 1.165) is 16.8 Å². The minimum Gasteiger partial charge on any atom is -0.352 e. The van der Waals surface area contributed by atoms with Crippen molar-refractivity contribution in [1.29, 1.82) is 0 Å². The number of anilines is 2. The maximum absolute atomic E-state index is 14.3. The van der Waals surface area contributed by atoms with Crippen molar-refractivity contribution < 1.29 is 14.4 Å². The molecule has 0 unspecified atom stereocenters. The Bertz CT molecular complexity index is 1410. The van der Waals surface area contributed by atoms with E-state index in [1.165, 1.54) is 6.92 Å². The molecule has 5 nitrogen and oxygen atoms in total. The molecule has 0 bridgehead atoms. The average molecular weight is 469 g/mol. The summed E-state index contributed by atoms with van der Waals surface area (Å²) in [4.78, 5) is 43.5. The van der Waals surface area contributed by atoms with Gasteiger partial charge in [0.05, 0.1) is 23.0 Å². The lowest BCUT2D eigenvalue weighted by atomic mass is 9.64. The molecule has 3 aromatic rings. The number of rotatable bonds is 3. The zero-order chi connectivity index (χ0) is 23.6. The van der Waals surface area contributed by atoms with Gasteiger partial charge in [-0.1, -0.05) is 72.3 Å². The first kappa shape index (κ1) is 20.9. The van der Waals surface area contributed by atoms with Crippen LogP contribution in [0.3, 0.4) is 0 Å². The van der Waals surface area contributed by atoms with Crippen LogP contribution in [0.4, 0.5) is 11.4 Å². The summed E-state index contributed by atoms with van der Waals surface area (Å²) < 4.78 is 0. The summed E-state index contributed by atoms with van der Waals surface area (Å²) in [7, 11) is 0. The fourth-order valence-electron chi connectivity index (χ4n) is 6.10. The SMILES string of the molecule is CC(=O)[C@@H]1[C@H](C(=O)c2ccccc2Cl)[C@]2(C(=O)Nc3ccccc32)[C@@H]2C=Cc3ccccc3N12. The molecule has 1 amide bonds. The van der Waals surface area contributed by atoms with Crippen molar-refractivity contribution in [3.63, 3.8) is 0 Å². The number of fused-ring (bicyclic) bond motifs is 6. The number of halogens is 1. The summed E-state index contributed by atoms with van der Waals surface area (Å²) in [5, 5.41) is 3.30. The predicted molar refractivity (Wildman–Crippen MR) is 132 cm³/mol. The van der Waals surface area contributed by atoms with E-state index >= 15 is 0 Å². The number of Topliss-reactive ketones (excluding diaryl/α,β-unsaturated/α-hetero) is 2. The van der Waals surface area contributed by atoms with Gasteiger partial charge in [-0.3, -0.25) is 14.4 Å².